The third-order valence-corrected chi connectivity index (χ3v) is 8.68. The molecule has 4 nitrogen and oxygen atoms in total. The number of fused-ring (bicyclic) bond motifs is 5. The molecule has 3 saturated carbocycles. The summed E-state index contributed by atoms with van der Waals surface area (Å²) in [6.45, 7) is 7.77. The highest BCUT2D eigenvalue weighted by molar-refractivity contribution is 5.91. The van der Waals surface area contributed by atoms with Crippen LogP contribution >= 0.6 is 0 Å². The van der Waals surface area contributed by atoms with Crippen LogP contribution in [0, 0.1) is 34.5 Å². The Balaban J connectivity index is 1.77. The molecular formula is C23H32O4. The Morgan fingerprint density at radius 3 is 2.52 bits per heavy atom. The number of Topliss-reactive ketones (excluding diaryl/α,β-unsaturated/α-hetero) is 1. The fraction of sp³-hybridized carbons (Fsp3) is 0.783. The van der Waals surface area contributed by atoms with Crippen molar-refractivity contribution in [3.05, 3.63) is 11.6 Å². The Morgan fingerprint density at radius 2 is 1.85 bits per heavy atom. The molecule has 0 amide bonds. The first-order chi connectivity index (χ1) is 12.7. The summed E-state index contributed by atoms with van der Waals surface area (Å²) in [5, 5.41) is 0. The Bertz CT molecular complexity index is 722. The van der Waals surface area contributed by atoms with Gasteiger partial charge in [-0.05, 0) is 74.2 Å². The van der Waals surface area contributed by atoms with Gasteiger partial charge in [0.25, 0.3) is 0 Å². The molecule has 4 aliphatic carbocycles. The molecule has 4 heteroatoms. The van der Waals surface area contributed by atoms with E-state index in [1.165, 1.54) is 12.5 Å². The highest BCUT2D eigenvalue weighted by atomic mass is 16.5. The van der Waals surface area contributed by atoms with Gasteiger partial charge in [-0.1, -0.05) is 19.4 Å². The minimum Gasteiger partial charge on any atom is -0.462 e. The summed E-state index contributed by atoms with van der Waals surface area (Å²) in [6, 6.07) is 0. The van der Waals surface area contributed by atoms with Crippen LogP contribution in [0.25, 0.3) is 0 Å². The minimum atomic E-state index is -0.232. The molecule has 0 aromatic heterocycles. The quantitative estimate of drug-likeness (QED) is 0.679. The van der Waals surface area contributed by atoms with Crippen molar-refractivity contribution in [3.63, 3.8) is 0 Å². The minimum absolute atomic E-state index is 0.0629. The second-order valence-electron chi connectivity index (χ2n) is 9.99. The van der Waals surface area contributed by atoms with Crippen LogP contribution in [0.4, 0.5) is 0 Å². The average molecular weight is 373 g/mol. The van der Waals surface area contributed by atoms with Crippen molar-refractivity contribution in [3.8, 4) is 0 Å². The first-order valence-corrected chi connectivity index (χ1v) is 10.6. The normalized spacial score (nSPS) is 46.0. The molecular weight excluding hydrogens is 340 g/mol. The second kappa shape index (κ2) is 6.28. The molecule has 3 fully saturated rings. The molecule has 0 bridgehead atoms. The Labute approximate surface area is 162 Å². The SMILES string of the molecule is CC(=O)O[C@@H]1C[C@]2(C)[C@@H](C(C)=O)CC[C@H]2[C@H]2CCC3=CC(=O)CC[C@]3(C)[C@@H]21. The van der Waals surface area contributed by atoms with Crippen molar-refractivity contribution in [2.75, 3.05) is 0 Å². The Kier molecular flexibility index (Phi) is 4.40. The van der Waals surface area contributed by atoms with Crippen molar-refractivity contribution in [1.29, 1.82) is 0 Å². The molecule has 0 heterocycles. The zero-order valence-corrected chi connectivity index (χ0v) is 17.0. The molecule has 0 radical (unpaired) electrons. The predicted molar refractivity (Wildman–Crippen MR) is 102 cm³/mol. The molecule has 7 atom stereocenters. The molecule has 0 spiro atoms. The van der Waals surface area contributed by atoms with Gasteiger partial charge in [0.05, 0.1) is 0 Å². The van der Waals surface area contributed by atoms with Gasteiger partial charge >= 0.3 is 5.97 Å². The number of hydrogen-bond acceptors (Lipinski definition) is 4. The third kappa shape index (κ3) is 2.74. The smallest absolute Gasteiger partial charge is 0.302 e. The number of carbonyl (C=O) groups excluding carboxylic acids is 3. The van der Waals surface area contributed by atoms with Crippen LogP contribution in [0.15, 0.2) is 11.6 Å². The van der Waals surface area contributed by atoms with Gasteiger partial charge in [0.1, 0.15) is 11.9 Å². The van der Waals surface area contributed by atoms with Crippen LogP contribution in [0.3, 0.4) is 0 Å². The van der Waals surface area contributed by atoms with Crippen LogP contribution in [0.5, 0.6) is 0 Å². The van der Waals surface area contributed by atoms with E-state index in [1.54, 1.807) is 6.92 Å². The predicted octanol–water partition coefficient (Wildman–Crippen LogP) is 4.27. The number of ether oxygens (including phenoxy) is 1. The zero-order chi connectivity index (χ0) is 19.6. The number of rotatable bonds is 2. The van der Waals surface area contributed by atoms with E-state index >= 15 is 0 Å². The lowest BCUT2D eigenvalue weighted by molar-refractivity contribution is -0.176. The molecule has 4 aliphatic rings. The van der Waals surface area contributed by atoms with Crippen molar-refractivity contribution >= 4 is 17.5 Å². The molecule has 4 rings (SSSR count). The second-order valence-corrected chi connectivity index (χ2v) is 9.99. The molecule has 0 N–H and O–H groups in total. The van der Waals surface area contributed by atoms with Crippen molar-refractivity contribution in [2.24, 2.45) is 34.5 Å². The van der Waals surface area contributed by atoms with Gasteiger partial charge in [-0.2, -0.15) is 0 Å². The number of ketones is 2. The van der Waals surface area contributed by atoms with Gasteiger partial charge in [0, 0.05) is 25.2 Å². The average Bonchev–Trinajstić information content (AvgIpc) is 2.91. The van der Waals surface area contributed by atoms with Gasteiger partial charge in [-0.3, -0.25) is 14.4 Å². The van der Waals surface area contributed by atoms with Crippen LogP contribution in [-0.2, 0) is 19.1 Å². The van der Waals surface area contributed by atoms with Crippen molar-refractivity contribution in [2.45, 2.75) is 78.7 Å². The number of hydrogen-bond donors (Lipinski definition) is 0. The topological polar surface area (TPSA) is 60.4 Å². The van der Waals surface area contributed by atoms with E-state index in [2.05, 4.69) is 13.8 Å². The monoisotopic (exact) mass is 372 g/mol. The molecule has 0 aromatic carbocycles. The van der Waals surface area contributed by atoms with Crippen molar-refractivity contribution < 1.29 is 19.1 Å². The lowest BCUT2D eigenvalue weighted by Gasteiger charge is -2.60. The summed E-state index contributed by atoms with van der Waals surface area (Å²) in [5.41, 5.74) is 1.13. The summed E-state index contributed by atoms with van der Waals surface area (Å²) in [5.74, 6) is 1.61. The number of carbonyl (C=O) groups is 3. The largest absolute Gasteiger partial charge is 0.462 e. The highest BCUT2D eigenvalue weighted by Gasteiger charge is 2.63. The molecule has 0 aromatic rings. The first-order valence-electron chi connectivity index (χ1n) is 10.6. The lowest BCUT2D eigenvalue weighted by Crippen LogP contribution is -2.57. The van der Waals surface area contributed by atoms with Gasteiger partial charge in [0.15, 0.2) is 5.78 Å². The summed E-state index contributed by atoms with van der Waals surface area (Å²) in [6.07, 6.45) is 8.02. The molecule has 148 valence electrons. The van der Waals surface area contributed by atoms with Crippen LogP contribution in [-0.4, -0.2) is 23.6 Å². The molecule has 0 aliphatic heterocycles. The van der Waals surface area contributed by atoms with Crippen molar-refractivity contribution in [1.82, 2.24) is 0 Å². The summed E-state index contributed by atoms with van der Waals surface area (Å²) in [4.78, 5) is 36.4. The van der Waals surface area contributed by atoms with E-state index in [0.717, 1.165) is 38.5 Å². The van der Waals surface area contributed by atoms with Gasteiger partial charge in [-0.25, -0.2) is 0 Å². The maximum absolute atomic E-state index is 12.4. The third-order valence-electron chi connectivity index (χ3n) is 8.68. The molecule has 27 heavy (non-hydrogen) atoms. The van der Waals surface area contributed by atoms with E-state index in [4.69, 9.17) is 4.74 Å². The fourth-order valence-electron chi connectivity index (χ4n) is 7.64. The maximum Gasteiger partial charge on any atom is 0.302 e. The van der Waals surface area contributed by atoms with Gasteiger partial charge in [0.2, 0.25) is 0 Å². The zero-order valence-electron chi connectivity index (χ0n) is 17.0. The van der Waals surface area contributed by atoms with E-state index in [9.17, 15) is 14.4 Å². The Morgan fingerprint density at radius 1 is 1.11 bits per heavy atom. The highest BCUT2D eigenvalue weighted by Crippen LogP contribution is 2.67. The number of allylic oxidation sites excluding steroid dienone is 1. The summed E-state index contributed by atoms with van der Waals surface area (Å²) < 4.78 is 5.94. The fourth-order valence-corrected chi connectivity index (χ4v) is 7.64. The standard InChI is InChI=1S/C23H32O4/c1-13(24)18-7-8-19-17-6-5-15-11-16(26)9-10-22(15,3)21(17)20(27-14(2)25)12-23(18,19)4/h11,17-21H,5-10,12H2,1-4H3/t17-,18-,19+,20-,21+,22+,23-/m1/s1. The van der Waals surface area contributed by atoms with Crippen LogP contribution in [0.2, 0.25) is 0 Å². The van der Waals surface area contributed by atoms with Crippen LogP contribution in [0.1, 0.15) is 72.6 Å². The van der Waals surface area contributed by atoms with E-state index in [1.807, 2.05) is 6.08 Å². The number of esters is 1. The molecule has 0 saturated heterocycles. The van der Waals surface area contributed by atoms with E-state index < -0.39 is 0 Å². The summed E-state index contributed by atoms with van der Waals surface area (Å²) >= 11 is 0. The summed E-state index contributed by atoms with van der Waals surface area (Å²) in [7, 11) is 0. The van der Waals surface area contributed by atoms with Crippen LogP contribution < -0.4 is 0 Å². The maximum atomic E-state index is 12.4. The first kappa shape index (κ1) is 18.9. The lowest BCUT2D eigenvalue weighted by atomic mass is 9.46. The van der Waals surface area contributed by atoms with Gasteiger partial charge in [-0.15, -0.1) is 0 Å². The van der Waals surface area contributed by atoms with E-state index in [-0.39, 0.29) is 46.3 Å². The Hall–Kier alpha value is -1.45. The van der Waals surface area contributed by atoms with E-state index in [0.29, 0.717) is 18.3 Å². The molecule has 0 unspecified atom stereocenters. The van der Waals surface area contributed by atoms with Gasteiger partial charge < -0.3 is 4.74 Å².